The number of esters is 1. The lowest BCUT2D eigenvalue weighted by Crippen LogP contribution is -2.41. The Morgan fingerprint density at radius 2 is 1.50 bits per heavy atom. The molecule has 38 heavy (non-hydrogen) atoms. The highest BCUT2D eigenvalue weighted by molar-refractivity contribution is 5.85. The number of nitrogens with zero attached hydrogens (tertiary/aromatic N) is 1. The van der Waals surface area contributed by atoms with Crippen molar-refractivity contribution in [2.45, 2.75) is 129 Å². The van der Waals surface area contributed by atoms with Crippen LogP contribution in [0.5, 0.6) is 5.75 Å². The molecule has 0 heterocycles. The van der Waals surface area contributed by atoms with Gasteiger partial charge in [-0.25, -0.2) is 0 Å². The van der Waals surface area contributed by atoms with E-state index in [0.29, 0.717) is 17.2 Å². The third-order valence-corrected chi connectivity index (χ3v) is 8.30. The van der Waals surface area contributed by atoms with Gasteiger partial charge in [0.15, 0.2) is 0 Å². The van der Waals surface area contributed by atoms with E-state index in [1.807, 2.05) is 18.2 Å². The molecular weight excluding hydrogens is 466 g/mol. The van der Waals surface area contributed by atoms with Crippen LogP contribution in [0, 0.1) is 17.2 Å². The molecule has 0 radical (unpaired) electrons. The smallest absolute Gasteiger partial charge is 0.321 e. The topological polar surface area (TPSA) is 50.1 Å². The van der Waals surface area contributed by atoms with Crippen LogP contribution in [0.25, 0.3) is 0 Å². The summed E-state index contributed by atoms with van der Waals surface area (Å²) < 4.78 is 6.01. The van der Waals surface area contributed by atoms with E-state index in [0.717, 1.165) is 62.5 Å². The summed E-state index contributed by atoms with van der Waals surface area (Å²) >= 11 is 0. The van der Waals surface area contributed by atoms with Crippen LogP contribution in [-0.2, 0) is 23.1 Å². The summed E-state index contributed by atoms with van der Waals surface area (Å²) in [5, 5.41) is 9.77. The maximum absolute atomic E-state index is 13.7. The van der Waals surface area contributed by atoms with Crippen molar-refractivity contribution in [2.24, 2.45) is 5.92 Å². The Morgan fingerprint density at radius 3 is 2.13 bits per heavy atom. The van der Waals surface area contributed by atoms with Crippen molar-refractivity contribution in [1.82, 2.24) is 0 Å². The molecule has 0 spiro atoms. The Kier molecular flexibility index (Phi) is 12.4. The molecule has 206 valence electrons. The van der Waals surface area contributed by atoms with Gasteiger partial charge < -0.3 is 4.74 Å². The molecule has 1 fully saturated rings. The average molecular weight is 516 g/mol. The fourth-order valence-corrected chi connectivity index (χ4v) is 5.78. The van der Waals surface area contributed by atoms with Gasteiger partial charge in [-0.3, -0.25) is 4.79 Å². The molecule has 1 aliphatic rings. The normalized spacial score (nSPS) is 14.8. The van der Waals surface area contributed by atoms with E-state index in [9.17, 15) is 10.1 Å². The lowest BCUT2D eigenvalue weighted by atomic mass is 9.69. The second-order valence-electron chi connectivity index (χ2n) is 11.8. The maximum atomic E-state index is 13.7. The number of nitriles is 1. The highest BCUT2D eigenvalue weighted by Gasteiger charge is 2.43. The molecule has 0 atom stereocenters. The van der Waals surface area contributed by atoms with Crippen molar-refractivity contribution in [3.63, 3.8) is 0 Å². The standard InChI is InChI=1S/C35H49NO2/c1-4-5-6-7-8-9-10-12-15-29-18-21-32(22-19-29)35(24-13-11-14-25-35)34(37)38-33-23-20-30(17-16-28(2)3)26-31(33)27-36/h18-23,26,28H,4-17,24-25H2,1-3H3. The van der Waals surface area contributed by atoms with Gasteiger partial charge >= 0.3 is 5.97 Å². The van der Waals surface area contributed by atoms with Gasteiger partial charge in [-0.15, -0.1) is 0 Å². The number of hydrogen-bond donors (Lipinski definition) is 0. The fraction of sp³-hybridized carbons (Fsp3) is 0.600. The number of ether oxygens (including phenoxy) is 1. The van der Waals surface area contributed by atoms with Gasteiger partial charge in [0.25, 0.3) is 0 Å². The number of aryl methyl sites for hydroxylation is 2. The van der Waals surface area contributed by atoms with Gasteiger partial charge in [0, 0.05) is 0 Å². The maximum Gasteiger partial charge on any atom is 0.321 e. The molecule has 2 aromatic carbocycles. The Morgan fingerprint density at radius 1 is 0.868 bits per heavy atom. The quantitative estimate of drug-likeness (QED) is 0.135. The zero-order valence-electron chi connectivity index (χ0n) is 24.2. The molecular formula is C35H49NO2. The Hall–Kier alpha value is -2.60. The van der Waals surface area contributed by atoms with E-state index in [4.69, 9.17) is 4.74 Å². The predicted molar refractivity (Wildman–Crippen MR) is 157 cm³/mol. The van der Waals surface area contributed by atoms with Gasteiger partial charge in [0.1, 0.15) is 11.8 Å². The van der Waals surface area contributed by atoms with Crippen LogP contribution in [0.15, 0.2) is 42.5 Å². The summed E-state index contributed by atoms with van der Waals surface area (Å²) in [6, 6.07) is 16.7. The van der Waals surface area contributed by atoms with Crippen LogP contribution in [-0.4, -0.2) is 5.97 Å². The Labute approximate surface area is 232 Å². The molecule has 0 unspecified atom stereocenters. The van der Waals surface area contributed by atoms with Gasteiger partial charge in [-0.2, -0.15) is 5.26 Å². The van der Waals surface area contributed by atoms with Gasteiger partial charge in [0.05, 0.1) is 11.0 Å². The Bertz CT molecular complexity index is 1020. The molecule has 2 aromatic rings. The summed E-state index contributed by atoms with van der Waals surface area (Å²) in [4.78, 5) is 13.7. The molecule has 1 aliphatic carbocycles. The predicted octanol–water partition coefficient (Wildman–Crippen LogP) is 9.64. The van der Waals surface area contributed by atoms with E-state index < -0.39 is 5.41 Å². The molecule has 1 saturated carbocycles. The number of unbranched alkanes of at least 4 members (excludes halogenated alkanes) is 7. The van der Waals surface area contributed by atoms with Crippen LogP contribution < -0.4 is 4.74 Å². The van der Waals surface area contributed by atoms with E-state index in [1.165, 1.54) is 56.9 Å². The first kappa shape index (κ1) is 29.9. The molecule has 0 amide bonds. The first-order valence-electron chi connectivity index (χ1n) is 15.3. The van der Waals surface area contributed by atoms with Crippen LogP contribution in [0.3, 0.4) is 0 Å². The summed E-state index contributed by atoms with van der Waals surface area (Å²) in [6.45, 7) is 6.67. The highest BCUT2D eigenvalue weighted by atomic mass is 16.5. The Balaban J connectivity index is 1.64. The van der Waals surface area contributed by atoms with Crippen molar-refractivity contribution in [2.75, 3.05) is 0 Å². The number of rotatable bonds is 15. The summed E-state index contributed by atoms with van der Waals surface area (Å²) in [5.74, 6) is 0.789. The molecule has 0 bridgehead atoms. The minimum absolute atomic E-state index is 0.209. The third kappa shape index (κ3) is 8.72. The van der Waals surface area contributed by atoms with Crippen molar-refractivity contribution in [1.29, 1.82) is 5.26 Å². The van der Waals surface area contributed by atoms with E-state index in [-0.39, 0.29) is 5.97 Å². The second kappa shape index (κ2) is 15.7. The minimum Gasteiger partial charge on any atom is -0.424 e. The van der Waals surface area contributed by atoms with Gasteiger partial charge in [-0.1, -0.05) is 115 Å². The molecule has 0 N–H and O–H groups in total. The van der Waals surface area contributed by atoms with Crippen molar-refractivity contribution < 1.29 is 9.53 Å². The molecule has 0 aliphatic heterocycles. The highest BCUT2D eigenvalue weighted by Crippen LogP contribution is 2.41. The van der Waals surface area contributed by atoms with Gasteiger partial charge in [0.2, 0.25) is 0 Å². The SMILES string of the molecule is CCCCCCCCCCc1ccc(C2(C(=O)Oc3ccc(CCC(C)C)cc3C#N)CCCCC2)cc1. The fourth-order valence-electron chi connectivity index (χ4n) is 5.78. The monoisotopic (exact) mass is 515 g/mol. The van der Waals surface area contributed by atoms with Crippen molar-refractivity contribution in [3.05, 3.63) is 64.7 Å². The summed E-state index contributed by atoms with van der Waals surface area (Å²) in [6.07, 6.45) is 18.5. The summed E-state index contributed by atoms with van der Waals surface area (Å²) in [7, 11) is 0. The summed E-state index contributed by atoms with van der Waals surface area (Å²) in [5.41, 5.74) is 3.36. The average Bonchev–Trinajstić information content (AvgIpc) is 2.94. The third-order valence-electron chi connectivity index (χ3n) is 8.30. The number of carbonyl (C=O) groups excluding carboxylic acids is 1. The number of benzene rings is 2. The van der Waals surface area contributed by atoms with Crippen molar-refractivity contribution in [3.8, 4) is 11.8 Å². The van der Waals surface area contributed by atoms with Crippen LogP contribution in [0.1, 0.15) is 133 Å². The van der Waals surface area contributed by atoms with E-state index in [2.05, 4.69) is 51.1 Å². The van der Waals surface area contributed by atoms with Crippen molar-refractivity contribution >= 4 is 5.97 Å². The zero-order chi connectivity index (χ0) is 27.2. The molecule has 3 nitrogen and oxygen atoms in total. The van der Waals surface area contributed by atoms with Crippen LogP contribution in [0.2, 0.25) is 0 Å². The van der Waals surface area contributed by atoms with E-state index >= 15 is 0 Å². The molecule has 0 saturated heterocycles. The molecule has 3 rings (SSSR count). The first-order valence-corrected chi connectivity index (χ1v) is 15.3. The molecule has 0 aromatic heterocycles. The van der Waals surface area contributed by atoms with E-state index in [1.54, 1.807) is 0 Å². The number of carbonyl (C=O) groups is 1. The van der Waals surface area contributed by atoms with Crippen LogP contribution in [0.4, 0.5) is 0 Å². The lowest BCUT2D eigenvalue weighted by Gasteiger charge is -2.35. The van der Waals surface area contributed by atoms with Crippen LogP contribution >= 0.6 is 0 Å². The van der Waals surface area contributed by atoms with Gasteiger partial charge in [-0.05, 0) is 73.3 Å². The largest absolute Gasteiger partial charge is 0.424 e. The number of hydrogen-bond acceptors (Lipinski definition) is 3. The second-order valence-corrected chi connectivity index (χ2v) is 11.8. The molecule has 3 heteroatoms. The minimum atomic E-state index is -0.627. The zero-order valence-corrected chi connectivity index (χ0v) is 24.2. The lowest BCUT2D eigenvalue weighted by molar-refractivity contribution is -0.142. The first-order chi connectivity index (χ1) is 18.5.